The number of fused-ring (bicyclic) bond motifs is 1. The molecule has 1 heterocycles. The molecule has 2 aromatic carbocycles. The highest BCUT2D eigenvalue weighted by atomic mass is 16.5. The molecule has 2 aromatic rings. The van der Waals surface area contributed by atoms with Gasteiger partial charge in [0.25, 0.3) is 5.91 Å². The lowest BCUT2D eigenvalue weighted by Crippen LogP contribution is -2.31. The number of aliphatic hydroxyl groups is 1. The molecule has 1 aliphatic rings. The Bertz CT molecular complexity index is 612. The highest BCUT2D eigenvalue weighted by Gasteiger charge is 2.28. The maximum Gasteiger partial charge on any atom is 0.265 e. The maximum absolute atomic E-state index is 12.2. The Morgan fingerprint density at radius 3 is 2.67 bits per heavy atom. The molecule has 0 fully saturated rings. The summed E-state index contributed by atoms with van der Waals surface area (Å²) in [4.78, 5) is 12.2. The fourth-order valence-corrected chi connectivity index (χ4v) is 2.43. The molecule has 0 aliphatic carbocycles. The summed E-state index contributed by atoms with van der Waals surface area (Å²) in [6, 6.07) is 15.2. The van der Waals surface area contributed by atoms with Gasteiger partial charge in [-0.15, -0.1) is 0 Å². The van der Waals surface area contributed by atoms with Crippen LogP contribution in [0.2, 0.25) is 0 Å². The van der Waals surface area contributed by atoms with Gasteiger partial charge in [0.15, 0.2) is 6.10 Å². The SMILES string of the molecule is O=C(Nc1ccc(CCO)cc1)C1Cc2ccccc2O1. The molecular formula is C17H17NO3. The van der Waals surface area contributed by atoms with Crippen LogP contribution in [-0.4, -0.2) is 23.7 Å². The molecule has 21 heavy (non-hydrogen) atoms. The Kier molecular flexibility index (Phi) is 3.88. The molecule has 0 bridgehead atoms. The fourth-order valence-electron chi connectivity index (χ4n) is 2.43. The van der Waals surface area contributed by atoms with Crippen molar-refractivity contribution in [2.24, 2.45) is 0 Å². The second kappa shape index (κ2) is 5.97. The standard InChI is InChI=1S/C17H17NO3/c19-10-9-12-5-7-14(8-6-12)18-17(20)16-11-13-3-1-2-4-15(13)21-16/h1-8,16,19H,9-11H2,(H,18,20). The van der Waals surface area contributed by atoms with Crippen molar-refractivity contribution < 1.29 is 14.6 Å². The molecule has 0 spiro atoms. The van der Waals surface area contributed by atoms with Crippen LogP contribution < -0.4 is 10.1 Å². The van der Waals surface area contributed by atoms with Gasteiger partial charge in [0, 0.05) is 18.7 Å². The lowest BCUT2D eigenvalue weighted by atomic mass is 10.1. The van der Waals surface area contributed by atoms with Crippen molar-refractivity contribution in [1.29, 1.82) is 0 Å². The number of amides is 1. The second-order valence-corrected chi connectivity index (χ2v) is 5.08. The Morgan fingerprint density at radius 1 is 1.19 bits per heavy atom. The van der Waals surface area contributed by atoms with Crippen LogP contribution in [0.15, 0.2) is 48.5 Å². The smallest absolute Gasteiger partial charge is 0.265 e. The van der Waals surface area contributed by atoms with Gasteiger partial charge in [0.1, 0.15) is 5.75 Å². The summed E-state index contributed by atoms with van der Waals surface area (Å²) in [5.74, 6) is 0.650. The third-order valence-corrected chi connectivity index (χ3v) is 3.56. The molecule has 0 saturated carbocycles. The summed E-state index contributed by atoms with van der Waals surface area (Å²) in [6.45, 7) is 0.125. The van der Waals surface area contributed by atoms with E-state index in [4.69, 9.17) is 9.84 Å². The zero-order valence-corrected chi connectivity index (χ0v) is 11.6. The molecule has 4 heteroatoms. The van der Waals surface area contributed by atoms with E-state index in [9.17, 15) is 4.79 Å². The molecular weight excluding hydrogens is 266 g/mol. The largest absolute Gasteiger partial charge is 0.480 e. The van der Waals surface area contributed by atoms with Crippen LogP contribution in [0.5, 0.6) is 5.75 Å². The van der Waals surface area contributed by atoms with Crippen molar-refractivity contribution in [2.45, 2.75) is 18.9 Å². The molecule has 1 aliphatic heterocycles. The van der Waals surface area contributed by atoms with Gasteiger partial charge in [-0.3, -0.25) is 4.79 Å². The normalized spacial score (nSPS) is 16.1. The van der Waals surface area contributed by atoms with Crippen molar-refractivity contribution in [2.75, 3.05) is 11.9 Å². The number of para-hydroxylation sites is 1. The molecule has 4 nitrogen and oxygen atoms in total. The van der Waals surface area contributed by atoms with Crippen LogP contribution in [0.3, 0.4) is 0 Å². The topological polar surface area (TPSA) is 58.6 Å². The predicted molar refractivity (Wildman–Crippen MR) is 80.4 cm³/mol. The third-order valence-electron chi connectivity index (χ3n) is 3.56. The summed E-state index contributed by atoms with van der Waals surface area (Å²) in [5, 5.41) is 11.7. The first kappa shape index (κ1) is 13.6. The van der Waals surface area contributed by atoms with Gasteiger partial charge in [0.05, 0.1) is 0 Å². The summed E-state index contributed by atoms with van der Waals surface area (Å²) in [5.41, 5.74) is 2.84. The van der Waals surface area contributed by atoms with E-state index in [0.717, 1.165) is 22.6 Å². The Labute approximate surface area is 123 Å². The summed E-state index contributed by atoms with van der Waals surface area (Å²) < 4.78 is 5.66. The fraction of sp³-hybridized carbons (Fsp3) is 0.235. The van der Waals surface area contributed by atoms with E-state index in [2.05, 4.69) is 5.32 Å². The summed E-state index contributed by atoms with van der Waals surface area (Å²) >= 11 is 0. The quantitative estimate of drug-likeness (QED) is 0.904. The molecule has 0 aromatic heterocycles. The van der Waals surface area contributed by atoms with E-state index < -0.39 is 6.10 Å². The Morgan fingerprint density at radius 2 is 1.95 bits per heavy atom. The summed E-state index contributed by atoms with van der Waals surface area (Å²) in [7, 11) is 0. The second-order valence-electron chi connectivity index (χ2n) is 5.08. The van der Waals surface area contributed by atoms with Crippen molar-refractivity contribution in [3.63, 3.8) is 0 Å². The predicted octanol–water partition coefficient (Wildman–Crippen LogP) is 2.16. The van der Waals surface area contributed by atoms with Crippen molar-refractivity contribution in [3.05, 3.63) is 59.7 Å². The molecule has 1 atom stereocenters. The number of ether oxygens (including phenoxy) is 1. The first-order chi connectivity index (χ1) is 10.3. The van der Waals surface area contributed by atoms with E-state index >= 15 is 0 Å². The molecule has 108 valence electrons. The van der Waals surface area contributed by atoms with Crippen LogP contribution in [0, 0.1) is 0 Å². The first-order valence-corrected chi connectivity index (χ1v) is 7.01. The molecule has 3 rings (SSSR count). The zero-order valence-electron chi connectivity index (χ0n) is 11.6. The number of rotatable bonds is 4. The van der Waals surface area contributed by atoms with E-state index in [1.807, 2.05) is 48.5 Å². The van der Waals surface area contributed by atoms with Crippen molar-refractivity contribution in [3.8, 4) is 5.75 Å². The minimum atomic E-state index is -0.473. The van der Waals surface area contributed by atoms with Gasteiger partial charge in [0.2, 0.25) is 0 Å². The van der Waals surface area contributed by atoms with Gasteiger partial charge < -0.3 is 15.2 Å². The number of aliphatic hydroxyl groups excluding tert-OH is 1. The minimum Gasteiger partial charge on any atom is -0.480 e. The van der Waals surface area contributed by atoms with E-state index in [0.29, 0.717) is 12.8 Å². The van der Waals surface area contributed by atoms with Crippen LogP contribution >= 0.6 is 0 Å². The Balaban J connectivity index is 1.62. The number of hydrogen-bond donors (Lipinski definition) is 2. The van der Waals surface area contributed by atoms with Crippen molar-refractivity contribution >= 4 is 11.6 Å². The number of carbonyl (C=O) groups is 1. The number of benzene rings is 2. The number of nitrogens with one attached hydrogen (secondary N) is 1. The molecule has 2 N–H and O–H groups in total. The van der Waals surface area contributed by atoms with E-state index in [-0.39, 0.29) is 12.5 Å². The molecule has 0 saturated heterocycles. The number of hydrogen-bond acceptors (Lipinski definition) is 3. The van der Waals surface area contributed by atoms with E-state index in [1.54, 1.807) is 0 Å². The third kappa shape index (κ3) is 3.06. The molecule has 1 amide bonds. The maximum atomic E-state index is 12.2. The lowest BCUT2D eigenvalue weighted by molar-refractivity contribution is -0.122. The average molecular weight is 283 g/mol. The van der Waals surface area contributed by atoms with Crippen LogP contribution in [0.25, 0.3) is 0 Å². The Hall–Kier alpha value is -2.33. The molecule has 1 unspecified atom stereocenters. The number of anilines is 1. The van der Waals surface area contributed by atoms with Gasteiger partial charge in [-0.2, -0.15) is 0 Å². The highest BCUT2D eigenvalue weighted by Crippen LogP contribution is 2.28. The monoisotopic (exact) mass is 283 g/mol. The average Bonchev–Trinajstić information content (AvgIpc) is 2.94. The first-order valence-electron chi connectivity index (χ1n) is 7.01. The van der Waals surface area contributed by atoms with Gasteiger partial charge >= 0.3 is 0 Å². The molecule has 0 radical (unpaired) electrons. The lowest BCUT2D eigenvalue weighted by Gasteiger charge is -2.11. The van der Waals surface area contributed by atoms with Crippen LogP contribution in [-0.2, 0) is 17.6 Å². The van der Waals surface area contributed by atoms with Gasteiger partial charge in [-0.25, -0.2) is 0 Å². The van der Waals surface area contributed by atoms with Gasteiger partial charge in [-0.05, 0) is 35.7 Å². The highest BCUT2D eigenvalue weighted by molar-refractivity contribution is 5.95. The minimum absolute atomic E-state index is 0.125. The van der Waals surface area contributed by atoms with Gasteiger partial charge in [-0.1, -0.05) is 30.3 Å². The zero-order chi connectivity index (χ0) is 14.7. The van der Waals surface area contributed by atoms with Crippen LogP contribution in [0.4, 0.5) is 5.69 Å². The summed E-state index contributed by atoms with van der Waals surface area (Å²) in [6.07, 6.45) is 0.749. The van der Waals surface area contributed by atoms with Crippen molar-refractivity contribution in [1.82, 2.24) is 0 Å². The van der Waals surface area contributed by atoms with Crippen LogP contribution in [0.1, 0.15) is 11.1 Å². The number of carbonyl (C=O) groups excluding carboxylic acids is 1. The van der Waals surface area contributed by atoms with E-state index in [1.165, 1.54) is 0 Å².